The molecule has 2 aromatic carbocycles. The Hall–Kier alpha value is -2.58. The molecule has 1 heterocycles. The molecule has 0 aromatic heterocycles. The van der Waals surface area contributed by atoms with Crippen molar-refractivity contribution in [2.75, 3.05) is 6.54 Å². The van der Waals surface area contributed by atoms with Crippen LogP contribution >= 0.6 is 27.7 Å². The van der Waals surface area contributed by atoms with E-state index in [1.807, 2.05) is 43.3 Å². The molecule has 2 aromatic rings. The maximum atomic E-state index is 12.6. The van der Waals surface area contributed by atoms with E-state index in [2.05, 4.69) is 15.9 Å². The Labute approximate surface area is 193 Å². The zero-order valence-electron chi connectivity index (χ0n) is 17.2. The lowest BCUT2D eigenvalue weighted by atomic mass is 10.2. The van der Waals surface area contributed by atoms with Gasteiger partial charge in [0.2, 0.25) is 0 Å². The van der Waals surface area contributed by atoms with Crippen molar-refractivity contribution in [1.29, 1.82) is 0 Å². The molecule has 1 fully saturated rings. The van der Waals surface area contributed by atoms with Crippen molar-refractivity contribution in [3.8, 4) is 5.75 Å². The van der Waals surface area contributed by atoms with Crippen molar-refractivity contribution in [3.05, 3.63) is 69.0 Å². The van der Waals surface area contributed by atoms with Gasteiger partial charge in [-0.05, 0) is 70.4 Å². The molecule has 0 N–H and O–H groups in total. The first-order valence-electron chi connectivity index (χ1n) is 9.78. The van der Waals surface area contributed by atoms with Crippen LogP contribution in [0.2, 0.25) is 0 Å². The van der Waals surface area contributed by atoms with Crippen LogP contribution in [0, 0.1) is 0 Å². The van der Waals surface area contributed by atoms with Gasteiger partial charge >= 0.3 is 5.97 Å². The highest BCUT2D eigenvalue weighted by Gasteiger charge is 2.36. The van der Waals surface area contributed by atoms with Crippen molar-refractivity contribution in [3.63, 3.8) is 0 Å². The highest BCUT2D eigenvalue weighted by atomic mass is 79.9. The molecule has 1 aliphatic heterocycles. The number of carbonyl (C=O) groups is 3. The Bertz CT molecular complexity index is 1010. The second-order valence-electron chi connectivity index (χ2n) is 6.94. The van der Waals surface area contributed by atoms with E-state index in [0.29, 0.717) is 18.8 Å². The van der Waals surface area contributed by atoms with Gasteiger partial charge in [0.05, 0.1) is 15.5 Å². The third kappa shape index (κ3) is 6.21. The molecule has 1 aliphatic rings. The largest absolute Gasteiger partial charge is 0.488 e. The van der Waals surface area contributed by atoms with Crippen LogP contribution in [0.1, 0.15) is 31.4 Å². The van der Waals surface area contributed by atoms with E-state index in [1.54, 1.807) is 25.1 Å². The van der Waals surface area contributed by atoms with Crippen LogP contribution in [0.4, 0.5) is 4.79 Å². The number of imide groups is 1. The van der Waals surface area contributed by atoms with Crippen molar-refractivity contribution in [2.45, 2.75) is 33.0 Å². The third-order valence-electron chi connectivity index (χ3n) is 4.56. The number of ether oxygens (including phenoxy) is 2. The van der Waals surface area contributed by atoms with Gasteiger partial charge in [0.1, 0.15) is 18.9 Å². The van der Waals surface area contributed by atoms with Gasteiger partial charge in [-0.3, -0.25) is 19.3 Å². The number of halogens is 1. The van der Waals surface area contributed by atoms with Gasteiger partial charge in [-0.2, -0.15) is 0 Å². The van der Waals surface area contributed by atoms with E-state index in [0.717, 1.165) is 32.3 Å². The lowest BCUT2D eigenvalue weighted by molar-refractivity contribution is -0.150. The first kappa shape index (κ1) is 23.1. The molecule has 0 radical (unpaired) electrons. The van der Waals surface area contributed by atoms with Crippen LogP contribution < -0.4 is 4.74 Å². The minimum Gasteiger partial charge on any atom is -0.488 e. The van der Waals surface area contributed by atoms with Gasteiger partial charge in [-0.15, -0.1) is 0 Å². The van der Waals surface area contributed by atoms with Gasteiger partial charge in [-0.1, -0.05) is 43.3 Å². The average Bonchev–Trinajstić information content (AvgIpc) is 3.01. The molecule has 2 amide bonds. The van der Waals surface area contributed by atoms with E-state index in [4.69, 9.17) is 9.47 Å². The second-order valence-corrected chi connectivity index (χ2v) is 8.79. The monoisotopic (exact) mass is 503 g/mol. The molecule has 0 spiro atoms. The van der Waals surface area contributed by atoms with Gasteiger partial charge in [0, 0.05) is 0 Å². The van der Waals surface area contributed by atoms with E-state index < -0.39 is 17.1 Å². The van der Waals surface area contributed by atoms with E-state index in [-0.39, 0.29) is 17.6 Å². The molecule has 1 saturated heterocycles. The number of thioether (sulfide) groups is 1. The lowest BCUT2D eigenvalue weighted by Crippen LogP contribution is -2.35. The number of rotatable bonds is 8. The summed E-state index contributed by atoms with van der Waals surface area (Å²) in [6.07, 6.45) is 2.02. The molecule has 6 nitrogen and oxygen atoms in total. The predicted octanol–water partition coefficient (Wildman–Crippen LogP) is 5.41. The summed E-state index contributed by atoms with van der Waals surface area (Å²) >= 11 is 4.29. The molecule has 1 atom stereocenters. The minimum atomic E-state index is -0.597. The summed E-state index contributed by atoms with van der Waals surface area (Å²) < 4.78 is 11.7. The number of hydrogen-bond acceptors (Lipinski definition) is 6. The Kier molecular flexibility index (Phi) is 7.92. The second kappa shape index (κ2) is 10.6. The van der Waals surface area contributed by atoms with Crippen LogP contribution in [-0.4, -0.2) is 34.7 Å². The fourth-order valence-corrected chi connectivity index (χ4v) is 4.07. The maximum Gasteiger partial charge on any atom is 0.326 e. The normalized spacial score (nSPS) is 16.0. The van der Waals surface area contributed by atoms with Crippen molar-refractivity contribution >= 4 is 50.9 Å². The highest BCUT2D eigenvalue weighted by molar-refractivity contribution is 9.10. The zero-order valence-corrected chi connectivity index (χ0v) is 19.6. The fourth-order valence-electron chi connectivity index (χ4n) is 2.72. The fraction of sp³-hybridized carbons (Fsp3) is 0.261. The van der Waals surface area contributed by atoms with Crippen LogP contribution in [0.25, 0.3) is 6.08 Å². The van der Waals surface area contributed by atoms with Crippen LogP contribution in [0.15, 0.2) is 57.9 Å². The summed E-state index contributed by atoms with van der Waals surface area (Å²) in [5.41, 5.74) is 1.78. The molecule has 0 unspecified atom stereocenters. The highest BCUT2D eigenvalue weighted by Crippen LogP contribution is 2.34. The number of esters is 1. The Balaban J connectivity index is 1.66. The van der Waals surface area contributed by atoms with E-state index in [9.17, 15) is 14.4 Å². The van der Waals surface area contributed by atoms with Gasteiger partial charge < -0.3 is 9.47 Å². The smallest absolute Gasteiger partial charge is 0.326 e. The molecule has 8 heteroatoms. The SMILES string of the molecule is CC[C@H](C)OC(=O)CN1C(=O)S/C(=C/c2ccc(OCc3ccccc3)c(Br)c2)C1=O. The Morgan fingerprint density at radius 1 is 1.19 bits per heavy atom. The number of benzene rings is 2. The summed E-state index contributed by atoms with van der Waals surface area (Å²) in [5.74, 6) is -0.431. The molecule has 0 bridgehead atoms. The molecule has 31 heavy (non-hydrogen) atoms. The van der Waals surface area contributed by atoms with Crippen LogP contribution in [0.3, 0.4) is 0 Å². The van der Waals surface area contributed by atoms with Crippen molar-refractivity contribution in [1.82, 2.24) is 4.90 Å². The summed E-state index contributed by atoms with van der Waals surface area (Å²) in [6.45, 7) is 3.69. The zero-order chi connectivity index (χ0) is 22.4. The van der Waals surface area contributed by atoms with E-state index in [1.165, 1.54) is 0 Å². The number of carbonyl (C=O) groups excluding carboxylic acids is 3. The van der Waals surface area contributed by atoms with Gasteiger partial charge in [-0.25, -0.2) is 0 Å². The Morgan fingerprint density at radius 2 is 1.94 bits per heavy atom. The standard InChI is InChI=1S/C23H22BrNO5S/c1-3-15(2)30-21(26)13-25-22(27)20(31-23(25)28)12-17-9-10-19(18(24)11-17)29-14-16-7-5-4-6-8-16/h4-12,15H,3,13-14H2,1-2H3/b20-12+/t15-/m0/s1. The minimum absolute atomic E-state index is 0.256. The van der Waals surface area contributed by atoms with Crippen LogP contribution in [0.5, 0.6) is 5.75 Å². The summed E-state index contributed by atoms with van der Waals surface area (Å²) in [6, 6.07) is 15.2. The molecule has 3 rings (SSSR count). The summed E-state index contributed by atoms with van der Waals surface area (Å²) in [7, 11) is 0. The lowest BCUT2D eigenvalue weighted by Gasteiger charge is -2.14. The number of hydrogen-bond donors (Lipinski definition) is 0. The summed E-state index contributed by atoms with van der Waals surface area (Å²) in [5, 5.41) is -0.487. The van der Waals surface area contributed by atoms with Gasteiger partial charge in [0.15, 0.2) is 0 Å². The molecule has 0 saturated carbocycles. The molecule has 0 aliphatic carbocycles. The first-order valence-corrected chi connectivity index (χ1v) is 11.4. The van der Waals surface area contributed by atoms with Gasteiger partial charge in [0.25, 0.3) is 11.1 Å². The average molecular weight is 504 g/mol. The quantitative estimate of drug-likeness (QED) is 0.354. The molecular weight excluding hydrogens is 482 g/mol. The van der Waals surface area contributed by atoms with Crippen molar-refractivity contribution < 1.29 is 23.9 Å². The summed E-state index contributed by atoms with van der Waals surface area (Å²) in [4.78, 5) is 37.9. The third-order valence-corrected chi connectivity index (χ3v) is 6.09. The Morgan fingerprint density at radius 3 is 2.61 bits per heavy atom. The van der Waals surface area contributed by atoms with Crippen molar-refractivity contribution in [2.24, 2.45) is 0 Å². The topological polar surface area (TPSA) is 72.9 Å². The first-order chi connectivity index (χ1) is 14.9. The van der Waals surface area contributed by atoms with E-state index >= 15 is 0 Å². The number of nitrogens with zero attached hydrogens (tertiary/aromatic N) is 1. The van der Waals surface area contributed by atoms with Crippen LogP contribution in [-0.2, 0) is 20.9 Å². The maximum absolute atomic E-state index is 12.6. The molecular formula is C23H22BrNO5S. The predicted molar refractivity (Wildman–Crippen MR) is 123 cm³/mol. The number of amides is 2. The molecule has 162 valence electrons.